The molecule has 0 bridgehead atoms. The van der Waals surface area contributed by atoms with Crippen LogP contribution in [0.5, 0.6) is 5.75 Å². The van der Waals surface area contributed by atoms with E-state index in [0.29, 0.717) is 24.3 Å². The molecule has 222 valence electrons. The molecule has 0 unspecified atom stereocenters. The number of aliphatic hydroxyl groups is 1. The van der Waals surface area contributed by atoms with Crippen LogP contribution in [0.15, 0.2) is 34.4 Å². The molecule has 4 rings (SSSR count). The topological polar surface area (TPSA) is 142 Å². The predicted molar refractivity (Wildman–Crippen MR) is 159 cm³/mol. The Hall–Kier alpha value is -3.44. The normalized spacial score (nSPS) is 14.3. The lowest BCUT2D eigenvalue weighted by Gasteiger charge is -2.26. The Labute approximate surface area is 240 Å². The van der Waals surface area contributed by atoms with Gasteiger partial charge in [0.05, 0.1) is 24.0 Å². The molecule has 1 fully saturated rings. The highest BCUT2D eigenvalue weighted by Crippen LogP contribution is 2.27. The second-order valence-corrected chi connectivity index (χ2v) is 10.7. The molecule has 0 aliphatic carbocycles. The zero-order valence-electron chi connectivity index (χ0n) is 24.9. The quantitative estimate of drug-likeness (QED) is 0.348. The van der Waals surface area contributed by atoms with Gasteiger partial charge in [-0.15, -0.1) is 11.3 Å². The standard InChI is InChI=1S/C16H16N2O2S.C10H17NO4.C2H6.CH4O/c1-9(2)14-8-21-16(18-14)13-7-15(19)11-5-4-10(20-3)6-12(11)17-13;1-10(2,3)15-9(14)11-6-4-5-7(11)8(12)13;2*1-2/h4-9H,1-3H3,(H,17,19);7H,4-6H2,1-3H3,(H,12,13);1-2H3;2H,1H3/t;7-;;/m.0../s1. The van der Waals surface area contributed by atoms with Gasteiger partial charge in [0.2, 0.25) is 0 Å². The van der Waals surface area contributed by atoms with E-state index in [4.69, 9.17) is 19.7 Å². The SMILES string of the molecule is CC.CC(C)(C)OC(=O)N1CCC[C@H]1C(=O)O.CO.COc1ccc2c(=O)cc(-c3nc(C(C)C)cs3)[nH]c2c1. The first kappa shape index (κ1) is 34.6. The molecule has 1 aromatic carbocycles. The number of nitrogens with one attached hydrogen (secondary N) is 1. The van der Waals surface area contributed by atoms with Gasteiger partial charge in [0.1, 0.15) is 22.4 Å². The van der Waals surface area contributed by atoms with Gasteiger partial charge in [-0.25, -0.2) is 14.6 Å². The first-order chi connectivity index (χ1) is 18.9. The van der Waals surface area contributed by atoms with Gasteiger partial charge in [-0.1, -0.05) is 27.7 Å². The van der Waals surface area contributed by atoms with Gasteiger partial charge in [0.15, 0.2) is 5.43 Å². The summed E-state index contributed by atoms with van der Waals surface area (Å²) in [7, 11) is 2.61. The number of pyridine rings is 1. The first-order valence-electron chi connectivity index (χ1n) is 13.2. The van der Waals surface area contributed by atoms with Crippen molar-refractivity contribution in [1.29, 1.82) is 0 Å². The number of likely N-dealkylation sites (tertiary alicyclic amines) is 1. The maximum Gasteiger partial charge on any atom is 0.411 e. The second kappa shape index (κ2) is 16.0. The summed E-state index contributed by atoms with van der Waals surface area (Å²) >= 11 is 1.55. The summed E-state index contributed by atoms with van der Waals surface area (Å²) in [6.07, 6.45) is 0.692. The fraction of sp³-hybridized carbons (Fsp3) is 0.517. The lowest BCUT2D eigenvalue weighted by molar-refractivity contribution is -0.142. The van der Waals surface area contributed by atoms with Crippen LogP contribution in [0.25, 0.3) is 21.6 Å². The summed E-state index contributed by atoms with van der Waals surface area (Å²) in [5, 5.41) is 19.4. The van der Waals surface area contributed by atoms with E-state index in [2.05, 4.69) is 23.8 Å². The van der Waals surface area contributed by atoms with Gasteiger partial charge in [0, 0.05) is 36.6 Å². The summed E-state index contributed by atoms with van der Waals surface area (Å²) < 4.78 is 10.3. The van der Waals surface area contributed by atoms with Crippen molar-refractivity contribution in [2.45, 2.75) is 78.9 Å². The molecule has 0 spiro atoms. The lowest BCUT2D eigenvalue weighted by Crippen LogP contribution is -2.43. The monoisotopic (exact) mass is 577 g/mol. The highest BCUT2D eigenvalue weighted by atomic mass is 32.1. The van der Waals surface area contributed by atoms with Crippen LogP contribution >= 0.6 is 11.3 Å². The van der Waals surface area contributed by atoms with Crippen molar-refractivity contribution < 1.29 is 29.3 Å². The largest absolute Gasteiger partial charge is 0.497 e. The molecular weight excluding hydrogens is 534 g/mol. The third-order valence-electron chi connectivity index (χ3n) is 5.55. The van der Waals surface area contributed by atoms with Crippen molar-refractivity contribution in [2.75, 3.05) is 20.8 Å². The maximum absolute atomic E-state index is 12.2. The van der Waals surface area contributed by atoms with Crippen molar-refractivity contribution in [3.8, 4) is 16.5 Å². The Morgan fingerprint density at radius 2 is 1.82 bits per heavy atom. The summed E-state index contributed by atoms with van der Waals surface area (Å²) in [4.78, 5) is 43.8. The van der Waals surface area contributed by atoms with Crippen LogP contribution < -0.4 is 10.2 Å². The van der Waals surface area contributed by atoms with E-state index in [-0.39, 0.29) is 5.43 Å². The number of H-pyrrole nitrogens is 1. The Bertz CT molecular complexity index is 1290. The molecule has 1 saturated heterocycles. The highest BCUT2D eigenvalue weighted by molar-refractivity contribution is 7.13. The minimum Gasteiger partial charge on any atom is -0.497 e. The molecule has 40 heavy (non-hydrogen) atoms. The van der Waals surface area contributed by atoms with Crippen molar-refractivity contribution in [3.63, 3.8) is 0 Å². The lowest BCUT2D eigenvalue weighted by atomic mass is 10.1. The van der Waals surface area contributed by atoms with Gasteiger partial charge in [0.25, 0.3) is 0 Å². The smallest absolute Gasteiger partial charge is 0.411 e. The molecule has 1 aliphatic heterocycles. The van der Waals surface area contributed by atoms with E-state index in [0.717, 1.165) is 41.2 Å². The van der Waals surface area contributed by atoms with Crippen LogP contribution in [0.4, 0.5) is 4.79 Å². The number of aromatic amines is 1. The number of nitrogens with zero attached hydrogens (tertiary/aromatic N) is 2. The average Bonchev–Trinajstić information content (AvgIpc) is 3.61. The van der Waals surface area contributed by atoms with Crippen LogP contribution in [-0.4, -0.2) is 69.6 Å². The number of ether oxygens (including phenoxy) is 2. The Morgan fingerprint density at radius 1 is 1.18 bits per heavy atom. The first-order valence-corrected chi connectivity index (χ1v) is 14.1. The molecule has 1 aliphatic rings. The molecule has 1 amide bonds. The Balaban J connectivity index is 0.000000373. The van der Waals surface area contributed by atoms with Gasteiger partial charge >= 0.3 is 12.1 Å². The van der Waals surface area contributed by atoms with E-state index in [1.54, 1.807) is 57.4 Å². The average molecular weight is 578 g/mol. The van der Waals surface area contributed by atoms with Gasteiger partial charge < -0.3 is 24.7 Å². The fourth-order valence-electron chi connectivity index (χ4n) is 3.71. The van der Waals surface area contributed by atoms with Crippen molar-refractivity contribution >= 4 is 34.3 Å². The fourth-order valence-corrected chi connectivity index (χ4v) is 4.66. The van der Waals surface area contributed by atoms with Crippen LogP contribution in [0.3, 0.4) is 0 Å². The minimum absolute atomic E-state index is 0.0114. The van der Waals surface area contributed by atoms with Crippen molar-refractivity contribution in [2.24, 2.45) is 0 Å². The Kier molecular flexibility index (Phi) is 13.8. The van der Waals surface area contributed by atoms with E-state index < -0.39 is 23.7 Å². The van der Waals surface area contributed by atoms with E-state index >= 15 is 0 Å². The number of aliphatic carboxylic acids is 1. The number of rotatable bonds is 4. The number of hydrogen-bond acceptors (Lipinski definition) is 8. The molecule has 0 radical (unpaired) electrons. The summed E-state index contributed by atoms with van der Waals surface area (Å²) in [6.45, 7) is 14.0. The third-order valence-corrected chi connectivity index (χ3v) is 6.44. The number of amides is 1. The number of hydrogen-bond donors (Lipinski definition) is 3. The molecule has 0 saturated carbocycles. The molecule has 2 aromatic heterocycles. The number of thiazole rings is 1. The highest BCUT2D eigenvalue weighted by Gasteiger charge is 2.36. The summed E-state index contributed by atoms with van der Waals surface area (Å²) in [6, 6.07) is 6.28. The zero-order chi connectivity index (χ0) is 30.6. The van der Waals surface area contributed by atoms with Crippen molar-refractivity contribution in [1.82, 2.24) is 14.9 Å². The number of carbonyl (C=O) groups excluding carboxylic acids is 1. The molecular formula is C29H43N3O7S. The van der Waals surface area contributed by atoms with Crippen LogP contribution in [0, 0.1) is 0 Å². The molecule has 1 atom stereocenters. The number of methoxy groups -OCH3 is 1. The number of fused-ring (bicyclic) bond motifs is 1. The van der Waals surface area contributed by atoms with E-state index in [1.807, 2.05) is 25.3 Å². The van der Waals surface area contributed by atoms with E-state index in [9.17, 15) is 14.4 Å². The number of aromatic nitrogens is 2. The number of benzene rings is 1. The number of carbonyl (C=O) groups is 2. The maximum atomic E-state index is 12.2. The summed E-state index contributed by atoms with van der Waals surface area (Å²) in [5.41, 5.74) is 1.96. The minimum atomic E-state index is -0.960. The molecule has 10 nitrogen and oxygen atoms in total. The van der Waals surface area contributed by atoms with E-state index in [1.165, 1.54) is 4.90 Å². The second-order valence-electron chi connectivity index (χ2n) is 9.86. The third kappa shape index (κ3) is 9.63. The molecule has 3 heterocycles. The number of carboxylic acid groups (broad SMARTS) is 1. The molecule has 3 N–H and O–H groups in total. The van der Waals surface area contributed by atoms with Gasteiger partial charge in [-0.3, -0.25) is 9.69 Å². The van der Waals surface area contributed by atoms with Gasteiger partial charge in [-0.2, -0.15) is 0 Å². The molecule has 11 heteroatoms. The van der Waals surface area contributed by atoms with Crippen LogP contribution in [0.1, 0.15) is 72.9 Å². The number of carboxylic acids is 1. The predicted octanol–water partition coefficient (Wildman–Crippen LogP) is 5.89. The Morgan fingerprint density at radius 3 is 2.35 bits per heavy atom. The summed E-state index contributed by atoms with van der Waals surface area (Å²) in [5.74, 6) is 0.137. The van der Waals surface area contributed by atoms with Crippen molar-refractivity contribution in [3.05, 3.63) is 45.6 Å². The van der Waals surface area contributed by atoms with Gasteiger partial charge in [-0.05, 0) is 51.7 Å². The molecule has 3 aromatic rings. The van der Waals surface area contributed by atoms with Crippen LogP contribution in [-0.2, 0) is 9.53 Å². The zero-order valence-corrected chi connectivity index (χ0v) is 25.7. The number of aliphatic hydroxyl groups excluding tert-OH is 1. The van der Waals surface area contributed by atoms with Crippen LogP contribution in [0.2, 0.25) is 0 Å².